The van der Waals surface area contributed by atoms with Gasteiger partial charge in [0, 0.05) is 0 Å². The number of hydrogen-bond acceptors (Lipinski definition) is 0. The molecule has 0 aliphatic heterocycles. The lowest BCUT2D eigenvalue weighted by Crippen LogP contribution is -2.43. The second-order valence-corrected chi connectivity index (χ2v) is 5.75. The van der Waals surface area contributed by atoms with Crippen LogP contribution in [0.25, 0.3) is 0 Å². The van der Waals surface area contributed by atoms with Gasteiger partial charge in [-0.25, -0.2) is 0 Å². The largest absolute Gasteiger partial charge is 0.140 e. The fourth-order valence-corrected chi connectivity index (χ4v) is 2.62. The van der Waals surface area contributed by atoms with Crippen LogP contribution < -0.4 is 16.4 Å². The van der Waals surface area contributed by atoms with Crippen LogP contribution >= 0.6 is 0 Å². The first-order chi connectivity index (χ1) is 6.68. The summed E-state index contributed by atoms with van der Waals surface area (Å²) in [6, 6.07) is 0. The lowest BCUT2D eigenvalue weighted by Gasteiger charge is -2.29. The highest BCUT2D eigenvalue weighted by Crippen LogP contribution is 2.19. The molecule has 0 unspecified atom stereocenters. The standard InChI is InChI=1S/C12H21B3/c1-6-7(2)10(14)11(15)8(9(6)13)12(3,4)5/h13-15H2,1-5H3. The zero-order valence-electron chi connectivity index (χ0n) is 11.5. The molecular weight excluding hydrogens is 177 g/mol. The van der Waals surface area contributed by atoms with E-state index in [9.17, 15) is 0 Å². The van der Waals surface area contributed by atoms with E-state index in [-0.39, 0.29) is 5.41 Å². The van der Waals surface area contributed by atoms with E-state index in [1.807, 2.05) is 0 Å². The van der Waals surface area contributed by atoms with Crippen molar-refractivity contribution in [3.8, 4) is 0 Å². The van der Waals surface area contributed by atoms with E-state index < -0.39 is 0 Å². The smallest absolute Gasteiger partial charge is 0.0918 e. The Morgan fingerprint density at radius 1 is 0.733 bits per heavy atom. The average Bonchev–Trinajstić information content (AvgIpc) is 2.09. The van der Waals surface area contributed by atoms with E-state index >= 15 is 0 Å². The molecule has 0 heterocycles. The van der Waals surface area contributed by atoms with Crippen molar-refractivity contribution in [2.24, 2.45) is 0 Å². The Morgan fingerprint density at radius 2 is 1.13 bits per heavy atom. The van der Waals surface area contributed by atoms with Crippen molar-refractivity contribution in [2.45, 2.75) is 40.0 Å². The molecule has 78 valence electrons. The molecule has 0 atom stereocenters. The van der Waals surface area contributed by atoms with Gasteiger partial charge in [0.2, 0.25) is 0 Å². The highest BCUT2D eigenvalue weighted by atomic mass is 14.2. The first-order valence-electron chi connectivity index (χ1n) is 5.75. The predicted molar refractivity (Wildman–Crippen MR) is 79.2 cm³/mol. The van der Waals surface area contributed by atoms with Crippen LogP contribution in [0.4, 0.5) is 0 Å². The van der Waals surface area contributed by atoms with Crippen LogP contribution in [0, 0.1) is 13.8 Å². The van der Waals surface area contributed by atoms with E-state index in [4.69, 9.17) is 0 Å². The molecule has 0 aliphatic rings. The lowest BCUT2D eigenvalue weighted by atomic mass is 9.63. The first kappa shape index (κ1) is 12.5. The number of benzene rings is 1. The van der Waals surface area contributed by atoms with Crippen LogP contribution in [0.1, 0.15) is 37.5 Å². The van der Waals surface area contributed by atoms with Crippen molar-refractivity contribution < 1.29 is 0 Å². The summed E-state index contributed by atoms with van der Waals surface area (Å²) >= 11 is 0. The Hall–Kier alpha value is -0.585. The molecule has 0 N–H and O–H groups in total. The Kier molecular flexibility index (Phi) is 3.14. The molecule has 0 saturated heterocycles. The third-order valence-electron chi connectivity index (χ3n) is 3.75. The molecule has 0 saturated carbocycles. The van der Waals surface area contributed by atoms with Crippen molar-refractivity contribution in [1.82, 2.24) is 0 Å². The molecule has 0 nitrogen and oxygen atoms in total. The Balaban J connectivity index is 3.68. The number of hydrogen-bond donors (Lipinski definition) is 0. The summed E-state index contributed by atoms with van der Waals surface area (Å²) < 4.78 is 0. The molecule has 0 fully saturated rings. The maximum atomic E-state index is 2.30. The van der Waals surface area contributed by atoms with Crippen LogP contribution in [0.3, 0.4) is 0 Å². The molecule has 0 aliphatic carbocycles. The van der Waals surface area contributed by atoms with Gasteiger partial charge in [0.1, 0.15) is 23.5 Å². The van der Waals surface area contributed by atoms with E-state index in [2.05, 4.69) is 58.2 Å². The summed E-state index contributed by atoms with van der Waals surface area (Å²) in [5, 5.41) is 0. The average molecular weight is 198 g/mol. The van der Waals surface area contributed by atoms with Crippen molar-refractivity contribution in [1.29, 1.82) is 0 Å². The topological polar surface area (TPSA) is 0 Å². The summed E-state index contributed by atoms with van der Waals surface area (Å²) in [4.78, 5) is 0. The number of rotatable bonds is 0. The zero-order chi connectivity index (χ0) is 12.0. The van der Waals surface area contributed by atoms with E-state index in [1.54, 1.807) is 0 Å². The summed E-state index contributed by atoms with van der Waals surface area (Å²) in [5.74, 6) is 0. The maximum absolute atomic E-state index is 2.30. The van der Waals surface area contributed by atoms with Crippen molar-refractivity contribution in [3.05, 3.63) is 16.7 Å². The lowest BCUT2D eigenvalue weighted by molar-refractivity contribution is 0.598. The summed E-state index contributed by atoms with van der Waals surface area (Å²) in [6.07, 6.45) is 0. The van der Waals surface area contributed by atoms with E-state index in [0.717, 1.165) is 0 Å². The van der Waals surface area contributed by atoms with Gasteiger partial charge in [0.25, 0.3) is 0 Å². The Bertz CT molecular complexity index is 371. The first-order valence-corrected chi connectivity index (χ1v) is 5.75. The fraction of sp³-hybridized carbons (Fsp3) is 0.500. The van der Waals surface area contributed by atoms with E-state index in [1.165, 1.54) is 33.1 Å². The van der Waals surface area contributed by atoms with Crippen molar-refractivity contribution in [2.75, 3.05) is 0 Å². The van der Waals surface area contributed by atoms with Crippen LogP contribution in [-0.4, -0.2) is 23.5 Å². The highest BCUT2D eigenvalue weighted by Gasteiger charge is 2.21. The minimum atomic E-state index is 0.247. The van der Waals surface area contributed by atoms with Gasteiger partial charge in [0.15, 0.2) is 0 Å². The van der Waals surface area contributed by atoms with Crippen molar-refractivity contribution in [3.63, 3.8) is 0 Å². The highest BCUT2D eigenvalue weighted by molar-refractivity contribution is 6.52. The third kappa shape index (κ3) is 2.02. The SMILES string of the molecule is Bc1c(B)c(C(C)(C)C)c(B)c(C)c1C. The van der Waals surface area contributed by atoms with E-state index in [0.29, 0.717) is 0 Å². The van der Waals surface area contributed by atoms with Gasteiger partial charge < -0.3 is 0 Å². The monoisotopic (exact) mass is 198 g/mol. The minimum Gasteiger partial charge on any atom is -0.0918 e. The Morgan fingerprint density at radius 3 is 1.53 bits per heavy atom. The summed E-state index contributed by atoms with van der Waals surface area (Å²) in [5.41, 5.74) is 9.11. The normalized spacial score (nSPS) is 11.8. The molecule has 0 radical (unpaired) electrons. The predicted octanol–water partition coefficient (Wildman–Crippen LogP) is -1.62. The second-order valence-electron chi connectivity index (χ2n) is 5.75. The van der Waals surface area contributed by atoms with Crippen LogP contribution in [0.5, 0.6) is 0 Å². The van der Waals surface area contributed by atoms with Crippen molar-refractivity contribution >= 4 is 39.9 Å². The summed E-state index contributed by atoms with van der Waals surface area (Å²) in [6.45, 7) is 11.4. The molecule has 15 heavy (non-hydrogen) atoms. The van der Waals surface area contributed by atoms with Gasteiger partial charge in [-0.05, 0) is 19.3 Å². The molecular formula is C12H21B3. The molecule has 1 aromatic carbocycles. The molecule has 1 rings (SSSR count). The van der Waals surface area contributed by atoms with Gasteiger partial charge in [-0.2, -0.15) is 0 Å². The van der Waals surface area contributed by atoms with Crippen LogP contribution in [-0.2, 0) is 5.41 Å². The molecule has 0 aromatic heterocycles. The zero-order valence-corrected chi connectivity index (χ0v) is 11.5. The second kappa shape index (κ2) is 3.77. The van der Waals surface area contributed by atoms with Gasteiger partial charge in [-0.1, -0.05) is 53.8 Å². The van der Waals surface area contributed by atoms with Gasteiger partial charge in [0.05, 0.1) is 0 Å². The molecule has 1 aromatic rings. The maximum Gasteiger partial charge on any atom is 0.140 e. The quantitative estimate of drug-likeness (QED) is 0.439. The van der Waals surface area contributed by atoms with Gasteiger partial charge in [-0.15, -0.1) is 0 Å². The third-order valence-corrected chi connectivity index (χ3v) is 3.75. The molecule has 0 amide bonds. The van der Waals surface area contributed by atoms with Crippen LogP contribution in [0.2, 0.25) is 0 Å². The molecule has 3 heteroatoms. The Labute approximate surface area is 97.1 Å². The summed E-state index contributed by atoms with van der Waals surface area (Å²) in [7, 11) is 6.76. The van der Waals surface area contributed by atoms with Gasteiger partial charge in [-0.3, -0.25) is 0 Å². The fourth-order valence-electron chi connectivity index (χ4n) is 2.62. The van der Waals surface area contributed by atoms with Crippen LogP contribution in [0.15, 0.2) is 0 Å². The minimum absolute atomic E-state index is 0.247. The molecule has 0 bridgehead atoms. The molecule has 0 spiro atoms. The van der Waals surface area contributed by atoms with Gasteiger partial charge >= 0.3 is 0 Å².